The van der Waals surface area contributed by atoms with Crippen LogP contribution < -0.4 is 5.32 Å². The van der Waals surface area contributed by atoms with Crippen LogP contribution in [0.3, 0.4) is 0 Å². The number of rotatable bonds is 5. The number of hydrogen-bond acceptors (Lipinski definition) is 2. The van der Waals surface area contributed by atoms with E-state index in [0.717, 1.165) is 16.7 Å². The fourth-order valence-corrected chi connectivity index (χ4v) is 2.01. The molecule has 0 unspecified atom stereocenters. The summed E-state index contributed by atoms with van der Waals surface area (Å²) < 4.78 is 0. The maximum atomic E-state index is 11.4. The van der Waals surface area contributed by atoms with Crippen LogP contribution in [-0.2, 0) is 11.3 Å². The van der Waals surface area contributed by atoms with Crippen LogP contribution in [0.2, 0.25) is 0 Å². The Balaban J connectivity index is 2.11. The van der Waals surface area contributed by atoms with Crippen molar-refractivity contribution in [2.45, 2.75) is 19.5 Å². The largest absolute Gasteiger partial charge is 0.480 e. The molecule has 2 aromatic rings. The first-order chi connectivity index (χ1) is 9.16. The molecular weight excluding hydrogens is 238 g/mol. The van der Waals surface area contributed by atoms with Gasteiger partial charge in [-0.05, 0) is 18.1 Å². The van der Waals surface area contributed by atoms with Crippen LogP contribution in [0, 0.1) is 6.92 Å². The van der Waals surface area contributed by atoms with Crippen LogP contribution in [-0.4, -0.2) is 11.1 Å². The summed E-state index contributed by atoms with van der Waals surface area (Å²) in [5, 5.41) is 12.4. The molecule has 0 spiro atoms. The van der Waals surface area contributed by atoms with Crippen LogP contribution in [0.5, 0.6) is 0 Å². The predicted octanol–water partition coefficient (Wildman–Crippen LogP) is 2.91. The zero-order valence-electron chi connectivity index (χ0n) is 10.8. The molecule has 19 heavy (non-hydrogen) atoms. The average Bonchev–Trinajstić information content (AvgIpc) is 2.40. The van der Waals surface area contributed by atoms with Crippen LogP contribution >= 0.6 is 0 Å². The zero-order valence-corrected chi connectivity index (χ0v) is 10.8. The summed E-state index contributed by atoms with van der Waals surface area (Å²) in [6, 6.07) is 16.7. The molecule has 2 rings (SSSR count). The summed E-state index contributed by atoms with van der Waals surface area (Å²) in [6.07, 6.45) is 0. The first kappa shape index (κ1) is 13.3. The maximum absolute atomic E-state index is 11.4. The molecule has 0 aliphatic heterocycles. The molecule has 0 aliphatic rings. The van der Waals surface area contributed by atoms with E-state index in [-0.39, 0.29) is 0 Å². The molecule has 0 fully saturated rings. The van der Waals surface area contributed by atoms with E-state index in [1.807, 2.05) is 61.5 Å². The van der Waals surface area contributed by atoms with Crippen molar-refractivity contribution < 1.29 is 9.90 Å². The van der Waals surface area contributed by atoms with Crippen LogP contribution in [0.15, 0.2) is 54.6 Å². The second-order valence-electron chi connectivity index (χ2n) is 4.55. The summed E-state index contributed by atoms with van der Waals surface area (Å²) >= 11 is 0. The fourth-order valence-electron chi connectivity index (χ4n) is 2.01. The van der Waals surface area contributed by atoms with Crippen molar-refractivity contribution in [1.82, 2.24) is 5.32 Å². The highest BCUT2D eigenvalue weighted by molar-refractivity contribution is 5.75. The molecule has 0 radical (unpaired) electrons. The van der Waals surface area contributed by atoms with Gasteiger partial charge in [0.15, 0.2) is 0 Å². The Hall–Kier alpha value is -2.13. The summed E-state index contributed by atoms with van der Waals surface area (Å²) in [5.41, 5.74) is 2.91. The lowest BCUT2D eigenvalue weighted by molar-refractivity contribution is -0.139. The van der Waals surface area contributed by atoms with E-state index in [1.165, 1.54) is 0 Å². The Morgan fingerprint density at radius 1 is 1.16 bits per heavy atom. The van der Waals surface area contributed by atoms with Gasteiger partial charge in [-0.2, -0.15) is 0 Å². The standard InChI is InChI=1S/C16H17NO2/c1-12-6-5-9-14(10-12)15(16(18)19)17-11-13-7-3-2-4-8-13/h2-10,15,17H,11H2,1H3,(H,18,19)/t15-/m1/s1. The van der Waals surface area contributed by atoms with Gasteiger partial charge in [0.2, 0.25) is 0 Å². The Labute approximate surface area is 112 Å². The molecule has 3 nitrogen and oxygen atoms in total. The smallest absolute Gasteiger partial charge is 0.325 e. The Bertz CT molecular complexity index is 552. The number of aliphatic carboxylic acids is 1. The number of hydrogen-bond donors (Lipinski definition) is 2. The number of carbonyl (C=O) groups is 1. The van der Waals surface area contributed by atoms with Crippen molar-refractivity contribution in [3.8, 4) is 0 Å². The maximum Gasteiger partial charge on any atom is 0.325 e. The molecule has 0 aliphatic carbocycles. The number of carboxylic acids is 1. The highest BCUT2D eigenvalue weighted by atomic mass is 16.4. The van der Waals surface area contributed by atoms with Crippen molar-refractivity contribution in [2.24, 2.45) is 0 Å². The van der Waals surface area contributed by atoms with Gasteiger partial charge in [0.05, 0.1) is 0 Å². The molecular formula is C16H17NO2. The number of benzene rings is 2. The zero-order chi connectivity index (χ0) is 13.7. The highest BCUT2D eigenvalue weighted by Gasteiger charge is 2.18. The van der Waals surface area contributed by atoms with Crippen LogP contribution in [0.1, 0.15) is 22.7 Å². The summed E-state index contributed by atoms with van der Waals surface area (Å²) in [4.78, 5) is 11.4. The minimum absolute atomic E-state index is 0.533. The van der Waals surface area contributed by atoms with Crippen molar-refractivity contribution in [1.29, 1.82) is 0 Å². The minimum atomic E-state index is -0.860. The Kier molecular flexibility index (Phi) is 4.31. The first-order valence-electron chi connectivity index (χ1n) is 6.23. The number of carboxylic acid groups (broad SMARTS) is 1. The minimum Gasteiger partial charge on any atom is -0.480 e. The molecule has 0 amide bonds. The highest BCUT2D eigenvalue weighted by Crippen LogP contribution is 2.15. The van der Waals surface area contributed by atoms with Crippen molar-refractivity contribution in [3.05, 3.63) is 71.3 Å². The van der Waals surface area contributed by atoms with Gasteiger partial charge in [0.25, 0.3) is 0 Å². The van der Waals surface area contributed by atoms with E-state index in [9.17, 15) is 9.90 Å². The lowest BCUT2D eigenvalue weighted by Crippen LogP contribution is -2.28. The van der Waals surface area contributed by atoms with E-state index in [4.69, 9.17) is 0 Å². The van der Waals surface area contributed by atoms with Crippen LogP contribution in [0.4, 0.5) is 0 Å². The lowest BCUT2D eigenvalue weighted by Gasteiger charge is -2.15. The molecule has 0 saturated carbocycles. The molecule has 98 valence electrons. The lowest BCUT2D eigenvalue weighted by atomic mass is 10.0. The van der Waals surface area contributed by atoms with Gasteiger partial charge in [-0.3, -0.25) is 10.1 Å². The molecule has 0 saturated heterocycles. The van der Waals surface area contributed by atoms with Crippen LogP contribution in [0.25, 0.3) is 0 Å². The van der Waals surface area contributed by atoms with E-state index < -0.39 is 12.0 Å². The Morgan fingerprint density at radius 3 is 2.53 bits per heavy atom. The van der Waals surface area contributed by atoms with Gasteiger partial charge in [-0.1, -0.05) is 60.2 Å². The normalized spacial score (nSPS) is 12.1. The number of nitrogens with one attached hydrogen (secondary N) is 1. The average molecular weight is 255 g/mol. The Morgan fingerprint density at radius 2 is 1.89 bits per heavy atom. The SMILES string of the molecule is Cc1cccc([C@@H](NCc2ccccc2)C(=O)O)c1. The summed E-state index contributed by atoms with van der Waals surface area (Å²) in [5.74, 6) is -0.860. The van der Waals surface area contributed by atoms with Gasteiger partial charge < -0.3 is 5.11 Å². The van der Waals surface area contributed by atoms with Gasteiger partial charge in [-0.15, -0.1) is 0 Å². The van der Waals surface area contributed by atoms with E-state index in [2.05, 4.69) is 5.32 Å². The van der Waals surface area contributed by atoms with Crippen molar-refractivity contribution >= 4 is 5.97 Å². The van der Waals surface area contributed by atoms with Gasteiger partial charge in [0.1, 0.15) is 6.04 Å². The predicted molar refractivity (Wildman–Crippen MR) is 74.8 cm³/mol. The second kappa shape index (κ2) is 6.16. The molecule has 0 aromatic heterocycles. The summed E-state index contributed by atoms with van der Waals surface area (Å²) in [6.45, 7) is 2.49. The van der Waals surface area contributed by atoms with Gasteiger partial charge in [-0.25, -0.2) is 0 Å². The molecule has 2 aromatic carbocycles. The molecule has 0 heterocycles. The van der Waals surface area contributed by atoms with Crippen molar-refractivity contribution in [3.63, 3.8) is 0 Å². The monoisotopic (exact) mass is 255 g/mol. The van der Waals surface area contributed by atoms with E-state index >= 15 is 0 Å². The van der Waals surface area contributed by atoms with E-state index in [1.54, 1.807) is 0 Å². The molecule has 3 heteroatoms. The quantitative estimate of drug-likeness (QED) is 0.863. The third-order valence-corrected chi connectivity index (χ3v) is 2.98. The topological polar surface area (TPSA) is 49.3 Å². The molecule has 2 N–H and O–H groups in total. The van der Waals surface area contributed by atoms with Crippen molar-refractivity contribution in [2.75, 3.05) is 0 Å². The third-order valence-electron chi connectivity index (χ3n) is 2.98. The third kappa shape index (κ3) is 3.66. The fraction of sp³-hybridized carbons (Fsp3) is 0.188. The van der Waals surface area contributed by atoms with Gasteiger partial charge >= 0.3 is 5.97 Å². The first-order valence-corrected chi connectivity index (χ1v) is 6.23. The summed E-state index contributed by atoms with van der Waals surface area (Å²) in [7, 11) is 0. The van der Waals surface area contributed by atoms with Gasteiger partial charge in [0, 0.05) is 6.54 Å². The molecule has 1 atom stereocenters. The number of aryl methyl sites for hydroxylation is 1. The van der Waals surface area contributed by atoms with E-state index in [0.29, 0.717) is 6.54 Å². The molecule has 0 bridgehead atoms. The second-order valence-corrected chi connectivity index (χ2v) is 4.55.